The summed E-state index contributed by atoms with van der Waals surface area (Å²) in [5.74, 6) is 0.367. The quantitative estimate of drug-likeness (QED) is 0.769. The van der Waals surface area contributed by atoms with Gasteiger partial charge in [0.15, 0.2) is 0 Å². The number of rotatable bonds is 6. The first kappa shape index (κ1) is 15.7. The largest absolute Gasteiger partial charge is 0.381 e. The van der Waals surface area contributed by atoms with Crippen LogP contribution in [0.25, 0.3) is 0 Å². The molecule has 2 unspecified atom stereocenters. The number of likely N-dealkylation sites (N-methyl/N-ethyl adjacent to an activating group) is 1. The first-order chi connectivity index (χ1) is 9.66. The maximum absolute atomic E-state index is 11.8. The first-order valence-corrected chi connectivity index (χ1v) is 7.90. The molecule has 116 valence electrons. The van der Waals surface area contributed by atoms with Gasteiger partial charge in [-0.05, 0) is 44.6 Å². The molecule has 1 saturated heterocycles. The molecular weight excluding hydrogens is 256 g/mol. The highest BCUT2D eigenvalue weighted by Crippen LogP contribution is 2.31. The molecule has 1 saturated carbocycles. The lowest BCUT2D eigenvalue weighted by atomic mass is 9.79. The van der Waals surface area contributed by atoms with E-state index in [2.05, 4.69) is 5.32 Å². The molecule has 2 aliphatic rings. The van der Waals surface area contributed by atoms with E-state index in [0.717, 1.165) is 58.5 Å². The lowest BCUT2D eigenvalue weighted by molar-refractivity contribution is -0.129. The van der Waals surface area contributed by atoms with Crippen molar-refractivity contribution in [1.29, 1.82) is 0 Å². The molecule has 3 N–H and O–H groups in total. The van der Waals surface area contributed by atoms with Crippen LogP contribution in [0.2, 0.25) is 0 Å². The van der Waals surface area contributed by atoms with Gasteiger partial charge < -0.3 is 20.5 Å². The van der Waals surface area contributed by atoms with Crippen LogP contribution in [0.1, 0.15) is 45.4 Å². The van der Waals surface area contributed by atoms with E-state index in [1.54, 1.807) is 0 Å². The second kappa shape index (κ2) is 7.38. The summed E-state index contributed by atoms with van der Waals surface area (Å²) < 4.78 is 11.4. The smallest absolute Gasteiger partial charge is 0.237 e. The molecule has 5 nitrogen and oxygen atoms in total. The molecule has 0 bridgehead atoms. The topological polar surface area (TPSA) is 73.6 Å². The summed E-state index contributed by atoms with van der Waals surface area (Å²) in [7, 11) is 0. The number of nitrogens with two attached hydrogens (primary N) is 1. The van der Waals surface area contributed by atoms with E-state index < -0.39 is 5.54 Å². The standard InChI is InChI=1S/C15H28N2O3/c1-2-17-15(14(16)18)7-3-4-13(10-15)20-11-12-5-8-19-9-6-12/h12-13,17H,2-11H2,1H3,(H2,16,18). The van der Waals surface area contributed by atoms with Crippen LogP contribution in [-0.4, -0.2) is 43.9 Å². The molecule has 2 atom stereocenters. The normalized spacial score (nSPS) is 32.1. The van der Waals surface area contributed by atoms with Gasteiger partial charge in [-0.2, -0.15) is 0 Å². The number of primary amides is 1. The molecule has 0 aromatic rings. The number of carbonyl (C=O) groups is 1. The average molecular weight is 284 g/mol. The van der Waals surface area contributed by atoms with E-state index in [1.165, 1.54) is 0 Å². The SMILES string of the molecule is CCNC1(C(N)=O)CCCC(OCC2CCOCC2)C1. The summed E-state index contributed by atoms with van der Waals surface area (Å²) in [5.41, 5.74) is 5.05. The lowest BCUT2D eigenvalue weighted by Gasteiger charge is -2.39. The van der Waals surface area contributed by atoms with Crippen LogP contribution in [0.15, 0.2) is 0 Å². The highest BCUT2D eigenvalue weighted by Gasteiger charge is 2.41. The third kappa shape index (κ3) is 3.93. The van der Waals surface area contributed by atoms with Crippen molar-refractivity contribution in [2.24, 2.45) is 11.7 Å². The van der Waals surface area contributed by atoms with Crippen molar-refractivity contribution in [3.05, 3.63) is 0 Å². The molecule has 20 heavy (non-hydrogen) atoms. The molecule has 1 heterocycles. The van der Waals surface area contributed by atoms with Crippen LogP contribution in [0, 0.1) is 5.92 Å². The molecule has 1 amide bonds. The van der Waals surface area contributed by atoms with Crippen molar-refractivity contribution in [3.63, 3.8) is 0 Å². The van der Waals surface area contributed by atoms with Crippen molar-refractivity contribution in [2.75, 3.05) is 26.4 Å². The van der Waals surface area contributed by atoms with Gasteiger partial charge in [-0.15, -0.1) is 0 Å². The highest BCUT2D eigenvalue weighted by molar-refractivity contribution is 5.84. The predicted molar refractivity (Wildman–Crippen MR) is 77.4 cm³/mol. The van der Waals surface area contributed by atoms with Crippen molar-refractivity contribution in [2.45, 2.75) is 57.1 Å². The Bertz CT molecular complexity index is 314. The summed E-state index contributed by atoms with van der Waals surface area (Å²) in [6, 6.07) is 0. The average Bonchev–Trinajstić information content (AvgIpc) is 2.47. The van der Waals surface area contributed by atoms with Gasteiger partial charge in [0.25, 0.3) is 0 Å². The second-order valence-corrected chi connectivity index (χ2v) is 6.08. The molecule has 0 radical (unpaired) electrons. The third-order valence-corrected chi connectivity index (χ3v) is 4.60. The molecule has 0 aromatic carbocycles. The Morgan fingerprint density at radius 1 is 1.40 bits per heavy atom. The fraction of sp³-hybridized carbons (Fsp3) is 0.933. The zero-order valence-electron chi connectivity index (χ0n) is 12.5. The highest BCUT2D eigenvalue weighted by atomic mass is 16.5. The van der Waals surface area contributed by atoms with Gasteiger partial charge in [0.2, 0.25) is 5.91 Å². The number of hydrogen-bond donors (Lipinski definition) is 2. The summed E-state index contributed by atoms with van der Waals surface area (Å²) >= 11 is 0. The molecule has 5 heteroatoms. The van der Waals surface area contributed by atoms with E-state index in [9.17, 15) is 4.79 Å². The number of ether oxygens (including phenoxy) is 2. The number of amides is 1. The Morgan fingerprint density at radius 3 is 2.80 bits per heavy atom. The zero-order chi connectivity index (χ0) is 14.4. The van der Waals surface area contributed by atoms with Crippen molar-refractivity contribution in [1.82, 2.24) is 5.32 Å². The third-order valence-electron chi connectivity index (χ3n) is 4.60. The molecule has 0 spiro atoms. The number of nitrogens with one attached hydrogen (secondary N) is 1. The van der Waals surface area contributed by atoms with Crippen LogP contribution >= 0.6 is 0 Å². The van der Waals surface area contributed by atoms with E-state index >= 15 is 0 Å². The molecule has 0 aromatic heterocycles. The zero-order valence-corrected chi connectivity index (χ0v) is 12.5. The van der Waals surface area contributed by atoms with Gasteiger partial charge >= 0.3 is 0 Å². The van der Waals surface area contributed by atoms with Crippen molar-refractivity contribution >= 4 is 5.91 Å². The van der Waals surface area contributed by atoms with Crippen LogP contribution in [0.5, 0.6) is 0 Å². The first-order valence-electron chi connectivity index (χ1n) is 7.90. The maximum Gasteiger partial charge on any atom is 0.237 e. The molecule has 2 rings (SSSR count). The predicted octanol–water partition coefficient (Wildman–Crippen LogP) is 1.21. The lowest BCUT2D eigenvalue weighted by Crippen LogP contribution is -2.59. The molecule has 2 fully saturated rings. The molecule has 1 aliphatic heterocycles. The van der Waals surface area contributed by atoms with Gasteiger partial charge in [0.1, 0.15) is 5.54 Å². The van der Waals surface area contributed by atoms with E-state index in [4.69, 9.17) is 15.2 Å². The Morgan fingerprint density at radius 2 is 2.15 bits per heavy atom. The van der Waals surface area contributed by atoms with Gasteiger partial charge in [-0.3, -0.25) is 4.79 Å². The van der Waals surface area contributed by atoms with Gasteiger partial charge in [0.05, 0.1) is 6.10 Å². The Hall–Kier alpha value is -0.650. The fourth-order valence-electron chi connectivity index (χ4n) is 3.36. The van der Waals surface area contributed by atoms with E-state index in [1.807, 2.05) is 6.92 Å². The van der Waals surface area contributed by atoms with Gasteiger partial charge in [-0.1, -0.05) is 6.92 Å². The minimum Gasteiger partial charge on any atom is -0.381 e. The Kier molecular flexibility index (Phi) is 5.81. The molecular formula is C15H28N2O3. The van der Waals surface area contributed by atoms with Crippen LogP contribution in [0.4, 0.5) is 0 Å². The summed E-state index contributed by atoms with van der Waals surface area (Å²) in [4.78, 5) is 11.8. The van der Waals surface area contributed by atoms with Crippen molar-refractivity contribution in [3.8, 4) is 0 Å². The summed E-state index contributed by atoms with van der Waals surface area (Å²) in [6.45, 7) is 5.25. The maximum atomic E-state index is 11.8. The van der Waals surface area contributed by atoms with Gasteiger partial charge in [-0.25, -0.2) is 0 Å². The van der Waals surface area contributed by atoms with Crippen LogP contribution in [-0.2, 0) is 14.3 Å². The summed E-state index contributed by atoms with van der Waals surface area (Å²) in [6.07, 6.45) is 5.88. The monoisotopic (exact) mass is 284 g/mol. The van der Waals surface area contributed by atoms with E-state index in [0.29, 0.717) is 12.3 Å². The van der Waals surface area contributed by atoms with E-state index in [-0.39, 0.29) is 12.0 Å². The minimum atomic E-state index is -0.562. The summed E-state index contributed by atoms with van der Waals surface area (Å²) in [5, 5.41) is 3.29. The second-order valence-electron chi connectivity index (χ2n) is 6.08. The van der Waals surface area contributed by atoms with Crippen molar-refractivity contribution < 1.29 is 14.3 Å². The Balaban J connectivity index is 1.84. The fourth-order valence-corrected chi connectivity index (χ4v) is 3.36. The number of hydrogen-bond acceptors (Lipinski definition) is 4. The minimum absolute atomic E-state index is 0.151. The molecule has 1 aliphatic carbocycles. The van der Waals surface area contributed by atoms with Gasteiger partial charge in [0, 0.05) is 26.2 Å². The van der Waals surface area contributed by atoms with Crippen LogP contribution < -0.4 is 11.1 Å². The Labute approximate surface area is 121 Å². The van der Waals surface area contributed by atoms with Crippen LogP contribution in [0.3, 0.4) is 0 Å². The number of carbonyl (C=O) groups excluding carboxylic acids is 1.